The van der Waals surface area contributed by atoms with E-state index in [4.69, 9.17) is 5.11 Å². The number of rotatable bonds is 4. The molecule has 19 heavy (non-hydrogen) atoms. The first-order valence-electron chi connectivity index (χ1n) is 6.02. The van der Waals surface area contributed by atoms with Crippen LogP contribution in [0.25, 0.3) is 0 Å². The number of aromatic carboxylic acids is 1. The van der Waals surface area contributed by atoms with Crippen molar-refractivity contribution in [1.29, 1.82) is 0 Å². The van der Waals surface area contributed by atoms with Gasteiger partial charge in [0.2, 0.25) is 0 Å². The number of anilines is 1. The lowest BCUT2D eigenvalue weighted by atomic mass is 10.0. The van der Waals surface area contributed by atoms with Crippen molar-refractivity contribution < 1.29 is 9.90 Å². The molecule has 0 aliphatic rings. The van der Waals surface area contributed by atoms with Crippen molar-refractivity contribution in [3.63, 3.8) is 0 Å². The molecule has 2 N–H and O–H groups in total. The molecular weight excluding hydrogens is 260 g/mol. The summed E-state index contributed by atoms with van der Waals surface area (Å²) in [5, 5.41) is 12.9. The quantitative estimate of drug-likeness (QED) is 0.895. The van der Waals surface area contributed by atoms with Gasteiger partial charge in [0.15, 0.2) is 10.8 Å². The van der Waals surface area contributed by atoms with Crippen LogP contribution in [0.4, 0.5) is 5.13 Å². The summed E-state index contributed by atoms with van der Waals surface area (Å²) in [5.74, 6) is -0.981. The normalized spacial score (nSPS) is 12.2. The number of hydrogen-bond donors (Lipinski definition) is 2. The molecule has 1 unspecified atom stereocenters. The molecule has 4 nitrogen and oxygen atoms in total. The maximum absolute atomic E-state index is 11.0. The molecule has 0 saturated carbocycles. The van der Waals surface area contributed by atoms with Crippen molar-refractivity contribution in [3.05, 3.63) is 46.0 Å². The van der Waals surface area contributed by atoms with E-state index in [9.17, 15) is 4.79 Å². The average Bonchev–Trinajstić information content (AvgIpc) is 2.70. The largest absolute Gasteiger partial charge is 0.476 e. The Balaban J connectivity index is 2.20. The third-order valence-corrected chi connectivity index (χ3v) is 3.90. The van der Waals surface area contributed by atoms with Crippen LogP contribution in [0.15, 0.2) is 24.3 Å². The fraction of sp³-hybridized carbons (Fsp3) is 0.286. The van der Waals surface area contributed by atoms with Gasteiger partial charge >= 0.3 is 5.97 Å². The summed E-state index contributed by atoms with van der Waals surface area (Å²) >= 11 is 1.37. The van der Waals surface area contributed by atoms with E-state index < -0.39 is 5.97 Å². The number of carbonyl (C=O) groups is 1. The van der Waals surface area contributed by atoms with E-state index in [1.54, 1.807) is 6.92 Å². The van der Waals surface area contributed by atoms with E-state index in [0.29, 0.717) is 10.0 Å². The Morgan fingerprint density at radius 1 is 1.37 bits per heavy atom. The van der Waals surface area contributed by atoms with Crippen LogP contribution in [0.3, 0.4) is 0 Å². The predicted molar refractivity (Wildman–Crippen MR) is 77.0 cm³/mol. The van der Waals surface area contributed by atoms with Gasteiger partial charge in [-0.2, -0.15) is 0 Å². The zero-order valence-corrected chi connectivity index (χ0v) is 11.9. The Kier molecular flexibility index (Phi) is 3.85. The topological polar surface area (TPSA) is 62.2 Å². The van der Waals surface area contributed by atoms with Crippen molar-refractivity contribution in [2.24, 2.45) is 0 Å². The molecule has 0 aliphatic carbocycles. The number of aromatic nitrogens is 1. The molecule has 2 rings (SSSR count). The van der Waals surface area contributed by atoms with Gasteiger partial charge in [-0.05, 0) is 31.9 Å². The van der Waals surface area contributed by atoms with Crippen LogP contribution < -0.4 is 5.32 Å². The number of hydrogen-bond acceptors (Lipinski definition) is 4. The van der Waals surface area contributed by atoms with Crippen molar-refractivity contribution >= 4 is 22.4 Å². The maximum Gasteiger partial charge on any atom is 0.355 e. The number of carboxylic acids is 1. The molecule has 0 spiro atoms. The molecule has 0 fully saturated rings. The van der Waals surface area contributed by atoms with E-state index in [1.807, 2.05) is 19.1 Å². The minimum Gasteiger partial charge on any atom is -0.476 e. The summed E-state index contributed by atoms with van der Waals surface area (Å²) < 4.78 is 0. The second-order valence-corrected chi connectivity index (χ2v) is 5.65. The summed E-state index contributed by atoms with van der Waals surface area (Å²) in [6, 6.07) is 8.21. The first-order valence-corrected chi connectivity index (χ1v) is 6.83. The summed E-state index contributed by atoms with van der Waals surface area (Å²) in [6.45, 7) is 5.87. The van der Waals surface area contributed by atoms with Gasteiger partial charge in [0.1, 0.15) is 0 Å². The maximum atomic E-state index is 11.0. The Hall–Kier alpha value is -1.88. The lowest BCUT2D eigenvalue weighted by molar-refractivity contribution is 0.0690. The van der Waals surface area contributed by atoms with E-state index in [2.05, 4.69) is 29.4 Å². The molecule has 1 atom stereocenters. The number of carboxylic acid groups (broad SMARTS) is 1. The smallest absolute Gasteiger partial charge is 0.355 e. The molecule has 0 aliphatic heterocycles. The third kappa shape index (κ3) is 2.93. The van der Waals surface area contributed by atoms with Gasteiger partial charge in [-0.3, -0.25) is 0 Å². The fourth-order valence-electron chi connectivity index (χ4n) is 1.99. The summed E-state index contributed by atoms with van der Waals surface area (Å²) in [6.07, 6.45) is 0. The SMILES string of the molecule is Cc1ccccc1C(C)Nc1nc(C(=O)O)c(C)s1. The van der Waals surface area contributed by atoms with Crippen LogP contribution in [0, 0.1) is 13.8 Å². The highest BCUT2D eigenvalue weighted by Crippen LogP contribution is 2.27. The van der Waals surface area contributed by atoms with Gasteiger partial charge in [0.05, 0.1) is 6.04 Å². The molecule has 0 bridgehead atoms. The van der Waals surface area contributed by atoms with E-state index in [1.165, 1.54) is 22.5 Å². The molecule has 1 heterocycles. The van der Waals surface area contributed by atoms with Crippen LogP contribution >= 0.6 is 11.3 Å². The van der Waals surface area contributed by atoms with Gasteiger partial charge in [0.25, 0.3) is 0 Å². The second-order valence-electron chi connectivity index (χ2n) is 4.45. The number of nitrogens with zero attached hydrogens (tertiary/aromatic N) is 1. The Bertz CT molecular complexity index is 607. The number of benzene rings is 1. The molecular formula is C14H16N2O2S. The van der Waals surface area contributed by atoms with E-state index >= 15 is 0 Å². The Morgan fingerprint density at radius 3 is 2.63 bits per heavy atom. The highest BCUT2D eigenvalue weighted by atomic mass is 32.1. The zero-order valence-electron chi connectivity index (χ0n) is 11.1. The molecule has 100 valence electrons. The standard InChI is InChI=1S/C14H16N2O2S/c1-8-6-4-5-7-11(8)9(2)15-14-16-12(13(17)18)10(3)19-14/h4-7,9H,1-3H3,(H,15,16)(H,17,18). The highest BCUT2D eigenvalue weighted by molar-refractivity contribution is 7.15. The van der Waals surface area contributed by atoms with E-state index in [0.717, 1.165) is 0 Å². The lowest BCUT2D eigenvalue weighted by Gasteiger charge is -2.15. The fourth-order valence-corrected chi connectivity index (χ4v) is 2.88. The van der Waals surface area contributed by atoms with Crippen LogP contribution in [0.5, 0.6) is 0 Å². The first kappa shape index (κ1) is 13.5. The summed E-state index contributed by atoms with van der Waals surface area (Å²) in [5.41, 5.74) is 2.52. The monoisotopic (exact) mass is 276 g/mol. The van der Waals surface area contributed by atoms with Gasteiger partial charge in [0, 0.05) is 4.88 Å². The molecule has 1 aromatic heterocycles. The first-order chi connectivity index (χ1) is 8.99. The molecule has 0 radical (unpaired) electrons. The Morgan fingerprint density at radius 2 is 2.05 bits per heavy atom. The minimum absolute atomic E-state index is 0.0911. The van der Waals surface area contributed by atoms with Crippen molar-refractivity contribution in [2.45, 2.75) is 26.8 Å². The number of aryl methyl sites for hydroxylation is 2. The van der Waals surface area contributed by atoms with Gasteiger partial charge in [-0.25, -0.2) is 9.78 Å². The van der Waals surface area contributed by atoms with Crippen molar-refractivity contribution in [2.75, 3.05) is 5.32 Å². The number of thiazole rings is 1. The molecule has 1 aromatic carbocycles. The highest BCUT2D eigenvalue weighted by Gasteiger charge is 2.16. The second kappa shape index (κ2) is 5.40. The minimum atomic E-state index is -0.981. The van der Waals surface area contributed by atoms with Crippen LogP contribution in [0.2, 0.25) is 0 Å². The molecule has 5 heteroatoms. The molecule has 0 saturated heterocycles. The number of nitrogens with one attached hydrogen (secondary N) is 1. The third-order valence-electron chi connectivity index (χ3n) is 2.99. The summed E-state index contributed by atoms with van der Waals surface area (Å²) in [4.78, 5) is 15.8. The van der Waals surface area contributed by atoms with Gasteiger partial charge in [-0.15, -0.1) is 11.3 Å². The van der Waals surface area contributed by atoms with E-state index in [-0.39, 0.29) is 11.7 Å². The Labute approximate surface area is 116 Å². The molecule has 0 amide bonds. The molecule has 2 aromatic rings. The average molecular weight is 276 g/mol. The van der Waals surface area contributed by atoms with Crippen molar-refractivity contribution in [1.82, 2.24) is 4.98 Å². The van der Waals surface area contributed by atoms with Crippen LogP contribution in [0.1, 0.15) is 39.5 Å². The van der Waals surface area contributed by atoms with Crippen molar-refractivity contribution in [3.8, 4) is 0 Å². The summed E-state index contributed by atoms with van der Waals surface area (Å²) in [7, 11) is 0. The predicted octanol–water partition coefficient (Wildman–Crippen LogP) is 3.63. The van der Waals surface area contributed by atoms with Crippen LogP contribution in [-0.2, 0) is 0 Å². The lowest BCUT2D eigenvalue weighted by Crippen LogP contribution is -2.08. The van der Waals surface area contributed by atoms with Gasteiger partial charge in [-0.1, -0.05) is 24.3 Å². The van der Waals surface area contributed by atoms with Gasteiger partial charge < -0.3 is 10.4 Å². The zero-order chi connectivity index (χ0) is 14.0. The van der Waals surface area contributed by atoms with Crippen LogP contribution in [-0.4, -0.2) is 16.1 Å².